The summed E-state index contributed by atoms with van der Waals surface area (Å²) in [5.74, 6) is 0.318. The number of alkyl halides is 1. The largest absolute Gasteiger partial charge is 0.341 e. The van der Waals surface area contributed by atoms with E-state index in [1.165, 1.54) is 12.1 Å². The van der Waals surface area contributed by atoms with Crippen molar-refractivity contribution in [1.82, 2.24) is 14.6 Å². The van der Waals surface area contributed by atoms with Gasteiger partial charge in [0, 0.05) is 36.1 Å². The zero-order valence-corrected chi connectivity index (χ0v) is 17.8. The molecule has 33 heavy (non-hydrogen) atoms. The van der Waals surface area contributed by atoms with Crippen LogP contribution in [0.4, 0.5) is 20.4 Å². The van der Waals surface area contributed by atoms with Crippen molar-refractivity contribution in [2.75, 3.05) is 23.3 Å². The lowest BCUT2D eigenvalue weighted by molar-refractivity contribution is -0.115. The van der Waals surface area contributed by atoms with E-state index in [2.05, 4.69) is 15.2 Å². The van der Waals surface area contributed by atoms with Crippen LogP contribution in [0.5, 0.6) is 0 Å². The number of rotatable bonds is 3. The molecule has 0 saturated carbocycles. The highest BCUT2D eigenvalue weighted by Gasteiger charge is 2.25. The lowest BCUT2D eigenvalue weighted by Crippen LogP contribution is -2.36. The predicted octanol–water partition coefficient (Wildman–Crippen LogP) is 4.64. The van der Waals surface area contributed by atoms with E-state index < -0.39 is 6.17 Å². The van der Waals surface area contributed by atoms with Gasteiger partial charge in [0.05, 0.1) is 11.9 Å². The summed E-state index contributed by atoms with van der Waals surface area (Å²) in [5.41, 5.74) is 5.87. The third-order valence-corrected chi connectivity index (χ3v) is 6.38. The van der Waals surface area contributed by atoms with Crippen LogP contribution in [-0.2, 0) is 11.2 Å². The molecule has 4 heterocycles. The average Bonchev–Trinajstić information content (AvgIpc) is 3.39. The molecule has 8 heteroatoms. The number of aromatic nitrogens is 3. The molecule has 0 radical (unpaired) electrons. The number of hydrogen-bond acceptors (Lipinski definition) is 4. The average molecular weight is 445 g/mol. The van der Waals surface area contributed by atoms with Crippen LogP contribution >= 0.6 is 0 Å². The van der Waals surface area contributed by atoms with Crippen LogP contribution in [-0.4, -0.2) is 39.8 Å². The second-order valence-corrected chi connectivity index (χ2v) is 8.53. The van der Waals surface area contributed by atoms with Crippen molar-refractivity contribution in [2.24, 2.45) is 0 Å². The number of carbonyl (C=O) groups excluding carboxylic acids is 1. The molecule has 2 aliphatic heterocycles. The van der Waals surface area contributed by atoms with E-state index >= 15 is 0 Å². The smallest absolute Gasteiger partial charge is 0.228 e. The van der Waals surface area contributed by atoms with Crippen LogP contribution in [0.2, 0.25) is 0 Å². The Morgan fingerprint density at radius 2 is 1.76 bits per heavy atom. The van der Waals surface area contributed by atoms with E-state index in [1.54, 1.807) is 22.8 Å². The number of fused-ring (bicyclic) bond motifs is 2. The van der Waals surface area contributed by atoms with Gasteiger partial charge >= 0.3 is 0 Å². The molecule has 0 atom stereocenters. The zero-order chi connectivity index (χ0) is 22.5. The van der Waals surface area contributed by atoms with Crippen LogP contribution < -0.4 is 10.2 Å². The zero-order valence-electron chi connectivity index (χ0n) is 17.8. The molecule has 0 spiro atoms. The van der Waals surface area contributed by atoms with E-state index in [1.807, 2.05) is 24.3 Å². The predicted molar refractivity (Wildman–Crippen MR) is 122 cm³/mol. The number of nitrogens with zero attached hydrogens (tertiary/aromatic N) is 4. The van der Waals surface area contributed by atoms with Gasteiger partial charge < -0.3 is 10.2 Å². The first-order chi connectivity index (χ1) is 16.1. The summed E-state index contributed by atoms with van der Waals surface area (Å²) < 4.78 is 29.2. The molecule has 1 saturated heterocycles. The topological polar surface area (TPSA) is 62.5 Å². The Balaban J connectivity index is 1.56. The fourth-order valence-electron chi connectivity index (χ4n) is 4.71. The second-order valence-electron chi connectivity index (χ2n) is 8.53. The van der Waals surface area contributed by atoms with E-state index in [0.717, 1.165) is 33.5 Å². The summed E-state index contributed by atoms with van der Waals surface area (Å²) in [5, 5.41) is 7.77. The highest BCUT2D eigenvalue weighted by molar-refractivity contribution is 6.01. The number of halogens is 2. The molecule has 6 rings (SSSR count). The number of benzene rings is 2. The van der Waals surface area contributed by atoms with Gasteiger partial charge in [-0.25, -0.2) is 13.8 Å². The quantitative estimate of drug-likeness (QED) is 0.499. The maximum absolute atomic E-state index is 13.7. The van der Waals surface area contributed by atoms with Gasteiger partial charge in [0.1, 0.15) is 17.7 Å². The molecular weight excluding hydrogens is 424 g/mol. The van der Waals surface area contributed by atoms with Crippen LogP contribution in [0, 0.1) is 5.82 Å². The van der Waals surface area contributed by atoms with Gasteiger partial charge in [-0.15, -0.1) is 0 Å². The Hall–Kier alpha value is -3.81. The van der Waals surface area contributed by atoms with Gasteiger partial charge in [0.15, 0.2) is 0 Å². The molecule has 6 nitrogen and oxygen atoms in total. The Morgan fingerprint density at radius 3 is 2.55 bits per heavy atom. The Bertz CT molecular complexity index is 1370. The number of carbonyl (C=O) groups is 1. The van der Waals surface area contributed by atoms with Crippen molar-refractivity contribution in [1.29, 1.82) is 0 Å². The van der Waals surface area contributed by atoms with Crippen LogP contribution in [0.25, 0.3) is 27.9 Å². The van der Waals surface area contributed by atoms with Gasteiger partial charge in [0.25, 0.3) is 0 Å². The maximum atomic E-state index is 13.7. The van der Waals surface area contributed by atoms with Gasteiger partial charge in [-0.1, -0.05) is 6.07 Å². The third kappa shape index (κ3) is 3.42. The third-order valence-electron chi connectivity index (χ3n) is 6.38. The fraction of sp³-hybridized carbons (Fsp3) is 0.240. The molecular formula is C25H21F2N5O. The summed E-state index contributed by atoms with van der Waals surface area (Å²) in [7, 11) is 0. The number of piperidine rings is 1. The standard InChI is InChI=1S/C25H21F2N5O/c26-18-4-1-15(2-5-18)24-23(16-3-6-20-17(13-16)14-22(33)29-20)21-7-10-28-25(32(21)30-24)31-11-8-19(27)9-12-31/h1-7,10,13,19H,8-9,11-12,14H2,(H,29,33). The highest BCUT2D eigenvalue weighted by atomic mass is 19.1. The first-order valence-electron chi connectivity index (χ1n) is 11.0. The van der Waals surface area contributed by atoms with Crippen LogP contribution in [0.15, 0.2) is 54.7 Å². The molecule has 2 aromatic heterocycles. The first-order valence-corrected chi connectivity index (χ1v) is 11.0. The molecule has 2 aliphatic rings. The van der Waals surface area contributed by atoms with E-state index in [9.17, 15) is 13.6 Å². The maximum Gasteiger partial charge on any atom is 0.228 e. The number of anilines is 2. The van der Waals surface area contributed by atoms with E-state index in [-0.39, 0.29) is 11.7 Å². The Labute approximate surface area is 188 Å². The number of amides is 1. The van der Waals surface area contributed by atoms with Crippen molar-refractivity contribution < 1.29 is 13.6 Å². The lowest BCUT2D eigenvalue weighted by atomic mass is 9.97. The first kappa shape index (κ1) is 19.8. The normalized spacial score (nSPS) is 16.3. The highest BCUT2D eigenvalue weighted by Crippen LogP contribution is 2.39. The summed E-state index contributed by atoms with van der Waals surface area (Å²) in [6.45, 7) is 1.14. The summed E-state index contributed by atoms with van der Waals surface area (Å²) in [6.07, 6.45) is 2.21. The molecule has 0 bridgehead atoms. The molecule has 4 aromatic rings. The number of nitrogens with one attached hydrogen (secondary N) is 1. The summed E-state index contributed by atoms with van der Waals surface area (Å²) >= 11 is 0. The van der Waals surface area contributed by atoms with Crippen molar-refractivity contribution in [2.45, 2.75) is 25.4 Å². The van der Waals surface area contributed by atoms with E-state index in [4.69, 9.17) is 5.10 Å². The Kier molecular flexibility index (Phi) is 4.60. The summed E-state index contributed by atoms with van der Waals surface area (Å²) in [4.78, 5) is 18.5. The Morgan fingerprint density at radius 1 is 1.00 bits per heavy atom. The monoisotopic (exact) mass is 445 g/mol. The fourth-order valence-corrected chi connectivity index (χ4v) is 4.71. The molecule has 1 N–H and O–H groups in total. The van der Waals surface area contributed by atoms with Gasteiger partial charge in [0.2, 0.25) is 11.9 Å². The molecule has 1 fully saturated rings. The van der Waals surface area contributed by atoms with Crippen LogP contribution in [0.3, 0.4) is 0 Å². The number of hydrogen-bond donors (Lipinski definition) is 1. The van der Waals surface area contributed by atoms with E-state index in [0.29, 0.717) is 44.0 Å². The minimum atomic E-state index is -0.786. The summed E-state index contributed by atoms with van der Waals surface area (Å²) in [6, 6.07) is 14.0. The minimum Gasteiger partial charge on any atom is -0.341 e. The van der Waals surface area contributed by atoms with Crippen molar-refractivity contribution >= 4 is 23.1 Å². The molecule has 0 unspecified atom stereocenters. The molecule has 2 aromatic carbocycles. The van der Waals surface area contributed by atoms with Gasteiger partial charge in [-0.05, 0) is 66.4 Å². The molecule has 0 aliphatic carbocycles. The minimum absolute atomic E-state index is 0.0245. The SMILES string of the molecule is O=C1Cc2cc(-c3c(-c4ccc(F)cc4)nn4c(N5CCC(F)CC5)nccc34)ccc2N1. The van der Waals surface area contributed by atoms with Crippen molar-refractivity contribution in [3.8, 4) is 22.4 Å². The van der Waals surface area contributed by atoms with Crippen molar-refractivity contribution in [3.63, 3.8) is 0 Å². The second kappa shape index (κ2) is 7.65. The van der Waals surface area contributed by atoms with Gasteiger partial charge in [-0.3, -0.25) is 4.79 Å². The van der Waals surface area contributed by atoms with Gasteiger partial charge in [-0.2, -0.15) is 9.61 Å². The molecule has 1 amide bonds. The van der Waals surface area contributed by atoms with Crippen LogP contribution in [0.1, 0.15) is 18.4 Å². The molecule has 166 valence electrons. The lowest BCUT2D eigenvalue weighted by Gasteiger charge is -2.29. The van der Waals surface area contributed by atoms with Crippen molar-refractivity contribution in [3.05, 3.63) is 66.1 Å².